The van der Waals surface area contributed by atoms with Gasteiger partial charge in [-0.1, -0.05) is 26.2 Å². The molecule has 20 heavy (non-hydrogen) atoms. The number of thiophene rings is 1. The third kappa shape index (κ3) is 3.81. The molecule has 2 N–H and O–H groups in total. The summed E-state index contributed by atoms with van der Waals surface area (Å²) in [6.07, 6.45) is 5.50. The molecule has 2 atom stereocenters. The van der Waals surface area contributed by atoms with E-state index in [1.165, 1.54) is 17.8 Å². The predicted molar refractivity (Wildman–Crippen MR) is 83.4 cm³/mol. The summed E-state index contributed by atoms with van der Waals surface area (Å²) in [5, 5.41) is 3.04. The number of nitrogens with one attached hydrogen (secondary N) is 2. The highest BCUT2D eigenvalue weighted by molar-refractivity contribution is 7.91. The molecule has 6 heteroatoms. The summed E-state index contributed by atoms with van der Waals surface area (Å²) >= 11 is 1.35. The molecule has 1 aliphatic rings. The number of sulfonamides is 1. The van der Waals surface area contributed by atoms with Crippen LogP contribution in [0.4, 0.5) is 0 Å². The first-order valence-electron chi connectivity index (χ1n) is 7.32. The van der Waals surface area contributed by atoms with Crippen molar-refractivity contribution in [1.29, 1.82) is 0 Å². The van der Waals surface area contributed by atoms with E-state index in [4.69, 9.17) is 0 Å². The van der Waals surface area contributed by atoms with Gasteiger partial charge in [-0.2, -0.15) is 0 Å². The maximum absolute atomic E-state index is 12.5. The molecule has 1 heterocycles. The molecule has 1 fully saturated rings. The van der Waals surface area contributed by atoms with E-state index in [-0.39, 0.29) is 6.04 Å². The first kappa shape index (κ1) is 15.9. The van der Waals surface area contributed by atoms with Crippen LogP contribution < -0.4 is 10.0 Å². The van der Waals surface area contributed by atoms with Crippen LogP contribution in [0.2, 0.25) is 0 Å². The Balaban J connectivity index is 2.09. The van der Waals surface area contributed by atoms with Crippen LogP contribution in [0.1, 0.15) is 43.9 Å². The average molecular weight is 316 g/mol. The molecule has 1 aliphatic carbocycles. The minimum atomic E-state index is -3.36. The number of rotatable bonds is 6. The van der Waals surface area contributed by atoms with E-state index in [1.54, 1.807) is 6.07 Å². The Labute approximate surface area is 126 Å². The third-order valence-corrected chi connectivity index (χ3v) is 7.06. The summed E-state index contributed by atoms with van der Waals surface area (Å²) in [4.78, 5) is 1.04. The van der Waals surface area contributed by atoms with Gasteiger partial charge in [0.25, 0.3) is 0 Å². The Morgan fingerprint density at radius 3 is 2.75 bits per heavy atom. The highest BCUT2D eigenvalue weighted by Gasteiger charge is 2.29. The summed E-state index contributed by atoms with van der Waals surface area (Å²) in [5.74, 6) is 0.482. The molecule has 0 spiro atoms. The fourth-order valence-corrected chi connectivity index (χ4v) is 5.60. The van der Waals surface area contributed by atoms with Gasteiger partial charge in [-0.05, 0) is 37.9 Å². The van der Waals surface area contributed by atoms with E-state index in [0.717, 1.165) is 30.6 Å². The zero-order chi connectivity index (χ0) is 14.6. The highest BCUT2D eigenvalue weighted by atomic mass is 32.2. The summed E-state index contributed by atoms with van der Waals surface area (Å²) in [6.45, 7) is 2.86. The van der Waals surface area contributed by atoms with Crippen molar-refractivity contribution < 1.29 is 8.42 Å². The van der Waals surface area contributed by atoms with E-state index >= 15 is 0 Å². The Morgan fingerprint density at radius 2 is 2.05 bits per heavy atom. The smallest absolute Gasteiger partial charge is 0.250 e. The lowest BCUT2D eigenvalue weighted by molar-refractivity contribution is 0.282. The van der Waals surface area contributed by atoms with Crippen LogP contribution in [-0.4, -0.2) is 21.5 Å². The van der Waals surface area contributed by atoms with Gasteiger partial charge in [0.15, 0.2) is 0 Å². The molecule has 1 aromatic rings. The van der Waals surface area contributed by atoms with Crippen LogP contribution in [0.3, 0.4) is 0 Å². The van der Waals surface area contributed by atoms with Crippen molar-refractivity contribution in [2.45, 2.75) is 55.8 Å². The molecule has 2 unspecified atom stereocenters. The quantitative estimate of drug-likeness (QED) is 0.848. The lowest BCUT2D eigenvalue weighted by atomic mass is 9.83. The van der Waals surface area contributed by atoms with Crippen molar-refractivity contribution >= 4 is 21.4 Å². The molecule has 0 radical (unpaired) electrons. The average Bonchev–Trinajstić information content (AvgIpc) is 2.89. The second kappa shape index (κ2) is 7.02. The van der Waals surface area contributed by atoms with E-state index in [2.05, 4.69) is 17.0 Å². The second-order valence-corrected chi connectivity index (χ2v) is 8.54. The molecular weight excluding hydrogens is 292 g/mol. The highest BCUT2D eigenvalue weighted by Crippen LogP contribution is 2.29. The normalized spacial score (nSPS) is 23.9. The van der Waals surface area contributed by atoms with E-state index in [1.807, 2.05) is 13.1 Å². The van der Waals surface area contributed by atoms with Crippen molar-refractivity contribution in [2.75, 3.05) is 7.05 Å². The van der Waals surface area contributed by atoms with Gasteiger partial charge in [-0.25, -0.2) is 13.1 Å². The first-order valence-corrected chi connectivity index (χ1v) is 9.62. The molecule has 0 aliphatic heterocycles. The molecule has 0 bridgehead atoms. The lowest BCUT2D eigenvalue weighted by Gasteiger charge is -2.31. The van der Waals surface area contributed by atoms with Gasteiger partial charge in [0.2, 0.25) is 10.0 Å². The molecule has 114 valence electrons. The third-order valence-electron chi connectivity index (χ3n) is 3.99. The summed E-state index contributed by atoms with van der Waals surface area (Å²) in [7, 11) is -1.50. The fourth-order valence-electron chi connectivity index (χ4n) is 2.88. The minimum absolute atomic E-state index is 0.105. The largest absolute Gasteiger partial charge is 0.315 e. The summed E-state index contributed by atoms with van der Waals surface area (Å²) in [6, 6.07) is 3.70. The number of hydrogen-bond acceptors (Lipinski definition) is 4. The van der Waals surface area contributed by atoms with E-state index in [0.29, 0.717) is 16.7 Å². The molecule has 1 aromatic heterocycles. The Kier molecular flexibility index (Phi) is 5.60. The van der Waals surface area contributed by atoms with Gasteiger partial charge in [-0.3, -0.25) is 0 Å². The minimum Gasteiger partial charge on any atom is -0.315 e. The van der Waals surface area contributed by atoms with Crippen LogP contribution in [0.15, 0.2) is 16.3 Å². The maximum Gasteiger partial charge on any atom is 0.250 e. The predicted octanol–water partition coefficient (Wildman–Crippen LogP) is 2.71. The van der Waals surface area contributed by atoms with Crippen LogP contribution in [0.5, 0.6) is 0 Å². The van der Waals surface area contributed by atoms with Crippen molar-refractivity contribution in [3.05, 3.63) is 17.0 Å². The van der Waals surface area contributed by atoms with Gasteiger partial charge in [0.05, 0.1) is 0 Å². The standard InChI is InChI=1S/C14H24N2O2S2/c1-3-11-6-4-5-7-13(11)16-20(17,18)14-9-8-12(19-14)10-15-2/h8-9,11,13,15-16H,3-7,10H2,1-2H3. The van der Waals surface area contributed by atoms with Crippen LogP contribution in [0.25, 0.3) is 0 Å². The molecular formula is C14H24N2O2S2. The summed E-state index contributed by atoms with van der Waals surface area (Å²) in [5.41, 5.74) is 0. The zero-order valence-corrected chi connectivity index (χ0v) is 13.8. The SMILES string of the molecule is CCC1CCCCC1NS(=O)(=O)c1ccc(CNC)s1. The van der Waals surface area contributed by atoms with E-state index in [9.17, 15) is 8.42 Å². The van der Waals surface area contributed by atoms with Crippen LogP contribution in [0, 0.1) is 5.92 Å². The van der Waals surface area contributed by atoms with Gasteiger partial charge < -0.3 is 5.32 Å². The summed E-state index contributed by atoms with van der Waals surface area (Å²) < 4.78 is 28.3. The monoisotopic (exact) mass is 316 g/mol. The topological polar surface area (TPSA) is 58.2 Å². The Morgan fingerprint density at radius 1 is 1.30 bits per heavy atom. The lowest BCUT2D eigenvalue weighted by Crippen LogP contribution is -2.41. The van der Waals surface area contributed by atoms with E-state index < -0.39 is 10.0 Å². The van der Waals surface area contributed by atoms with Gasteiger partial charge in [0.1, 0.15) is 4.21 Å². The van der Waals surface area contributed by atoms with Crippen molar-refractivity contribution in [3.63, 3.8) is 0 Å². The maximum atomic E-state index is 12.5. The Bertz CT molecular complexity index is 525. The van der Waals surface area contributed by atoms with Crippen molar-refractivity contribution in [2.24, 2.45) is 5.92 Å². The van der Waals surface area contributed by atoms with Gasteiger partial charge >= 0.3 is 0 Å². The van der Waals surface area contributed by atoms with Crippen LogP contribution in [-0.2, 0) is 16.6 Å². The molecule has 0 amide bonds. The molecule has 0 saturated heterocycles. The van der Waals surface area contributed by atoms with Crippen LogP contribution >= 0.6 is 11.3 Å². The Hall–Kier alpha value is -0.430. The molecule has 1 saturated carbocycles. The zero-order valence-electron chi connectivity index (χ0n) is 12.2. The van der Waals surface area contributed by atoms with Gasteiger partial charge in [0, 0.05) is 17.5 Å². The number of hydrogen-bond donors (Lipinski definition) is 2. The second-order valence-electron chi connectivity index (χ2n) is 5.43. The molecule has 0 aromatic carbocycles. The van der Waals surface area contributed by atoms with Crippen molar-refractivity contribution in [3.8, 4) is 0 Å². The molecule has 4 nitrogen and oxygen atoms in total. The fraction of sp³-hybridized carbons (Fsp3) is 0.714. The van der Waals surface area contributed by atoms with Crippen molar-refractivity contribution in [1.82, 2.24) is 10.0 Å². The molecule has 2 rings (SSSR count). The first-order chi connectivity index (χ1) is 9.56. The van der Waals surface area contributed by atoms with Gasteiger partial charge in [-0.15, -0.1) is 11.3 Å².